The van der Waals surface area contributed by atoms with Crippen molar-refractivity contribution in [3.63, 3.8) is 0 Å². The van der Waals surface area contributed by atoms with Crippen molar-refractivity contribution < 1.29 is 4.79 Å². The van der Waals surface area contributed by atoms with Gasteiger partial charge in [0.25, 0.3) is 5.91 Å². The Bertz CT molecular complexity index is 378. The van der Waals surface area contributed by atoms with E-state index >= 15 is 0 Å². The van der Waals surface area contributed by atoms with E-state index in [1.54, 1.807) is 0 Å². The molecule has 1 saturated carbocycles. The number of carbonyl (C=O) groups is 1. The van der Waals surface area contributed by atoms with Gasteiger partial charge in [-0.2, -0.15) is 0 Å². The zero-order valence-electron chi connectivity index (χ0n) is 9.47. The van der Waals surface area contributed by atoms with Crippen molar-refractivity contribution in [1.29, 1.82) is 0 Å². The molecule has 1 fully saturated rings. The van der Waals surface area contributed by atoms with Crippen LogP contribution < -0.4 is 5.32 Å². The van der Waals surface area contributed by atoms with E-state index in [0.717, 1.165) is 26.0 Å². The summed E-state index contributed by atoms with van der Waals surface area (Å²) in [6.07, 6.45) is 7.34. The fourth-order valence-corrected chi connectivity index (χ4v) is 4.08. The fourth-order valence-electron chi connectivity index (χ4n) is 2.14. The molecular weight excluding hydrogens is 366 g/mol. The van der Waals surface area contributed by atoms with Crippen molar-refractivity contribution in [2.45, 2.75) is 44.6 Å². The summed E-state index contributed by atoms with van der Waals surface area (Å²) in [7, 11) is 0. The highest BCUT2D eigenvalue weighted by Gasteiger charge is 2.17. The molecule has 0 bridgehead atoms. The van der Waals surface area contributed by atoms with Crippen molar-refractivity contribution in [2.24, 2.45) is 0 Å². The van der Waals surface area contributed by atoms with Crippen molar-refractivity contribution in [2.75, 3.05) is 0 Å². The van der Waals surface area contributed by atoms with Crippen molar-refractivity contribution in [3.05, 3.63) is 19.2 Å². The third-order valence-electron chi connectivity index (χ3n) is 3.06. The summed E-state index contributed by atoms with van der Waals surface area (Å²) in [5.41, 5.74) is 0. The summed E-state index contributed by atoms with van der Waals surface area (Å²) in [6, 6.07) is 2.24. The first kappa shape index (κ1) is 13.6. The monoisotopic (exact) mass is 379 g/mol. The van der Waals surface area contributed by atoms with E-state index in [-0.39, 0.29) is 5.91 Å². The molecule has 0 unspecified atom stereocenters. The van der Waals surface area contributed by atoms with Crippen LogP contribution in [0.1, 0.15) is 48.2 Å². The summed E-state index contributed by atoms with van der Waals surface area (Å²) >= 11 is 8.29. The molecule has 0 radical (unpaired) electrons. The fraction of sp³-hybridized carbons (Fsp3) is 0.583. The van der Waals surface area contributed by atoms with Crippen LogP contribution in [-0.2, 0) is 0 Å². The van der Waals surface area contributed by atoms with Gasteiger partial charge in [-0.25, -0.2) is 0 Å². The normalized spacial score (nSPS) is 17.8. The number of hydrogen-bond acceptors (Lipinski definition) is 2. The molecule has 1 aliphatic rings. The van der Waals surface area contributed by atoms with Gasteiger partial charge >= 0.3 is 0 Å². The van der Waals surface area contributed by atoms with E-state index in [4.69, 9.17) is 0 Å². The summed E-state index contributed by atoms with van der Waals surface area (Å²) in [4.78, 5) is 12.8. The van der Waals surface area contributed by atoms with Gasteiger partial charge < -0.3 is 5.32 Å². The number of carbonyl (C=O) groups excluding carboxylic acids is 1. The zero-order valence-corrected chi connectivity index (χ0v) is 13.5. The smallest absolute Gasteiger partial charge is 0.261 e. The van der Waals surface area contributed by atoms with Crippen LogP contribution in [0, 0.1) is 0 Å². The SMILES string of the molecule is O=C(NC1CCCCCC1)c1cc(Br)c(Br)s1. The molecule has 0 spiro atoms. The molecule has 0 aliphatic heterocycles. The minimum Gasteiger partial charge on any atom is -0.349 e. The summed E-state index contributed by atoms with van der Waals surface area (Å²) in [5.74, 6) is 0.0632. The number of nitrogens with one attached hydrogen (secondary N) is 1. The molecule has 0 aromatic carbocycles. The predicted molar refractivity (Wildman–Crippen MR) is 78.7 cm³/mol. The lowest BCUT2D eigenvalue weighted by molar-refractivity contribution is 0.0937. The van der Waals surface area contributed by atoms with Crippen molar-refractivity contribution in [1.82, 2.24) is 5.32 Å². The molecule has 2 nitrogen and oxygen atoms in total. The van der Waals surface area contributed by atoms with Crippen LogP contribution in [0.4, 0.5) is 0 Å². The van der Waals surface area contributed by atoms with E-state index in [0.29, 0.717) is 6.04 Å². The molecule has 1 aromatic rings. The number of hydrogen-bond donors (Lipinski definition) is 1. The van der Waals surface area contributed by atoms with Crippen LogP contribution in [0.2, 0.25) is 0 Å². The first-order valence-electron chi connectivity index (χ1n) is 5.92. The number of halogens is 2. The second-order valence-corrected chi connectivity index (χ2v) is 7.62. The van der Waals surface area contributed by atoms with Gasteiger partial charge in [0.1, 0.15) is 0 Å². The van der Waals surface area contributed by atoms with Gasteiger partial charge in [-0.15, -0.1) is 11.3 Å². The maximum absolute atomic E-state index is 12.0. The standard InChI is InChI=1S/C12H15Br2NOS/c13-9-7-10(17-11(9)14)12(16)15-8-5-3-1-2-4-6-8/h7-8H,1-6H2,(H,15,16). The lowest BCUT2D eigenvalue weighted by Gasteiger charge is -2.15. The summed E-state index contributed by atoms with van der Waals surface area (Å²) in [6.45, 7) is 0. The molecule has 2 rings (SSSR count). The van der Waals surface area contributed by atoms with E-state index in [1.165, 1.54) is 37.0 Å². The van der Waals surface area contributed by atoms with Crippen LogP contribution in [0.3, 0.4) is 0 Å². The van der Waals surface area contributed by atoms with Crippen LogP contribution in [-0.4, -0.2) is 11.9 Å². The second-order valence-electron chi connectivity index (χ2n) is 4.39. The third kappa shape index (κ3) is 3.80. The Morgan fingerprint density at radius 2 is 1.88 bits per heavy atom. The van der Waals surface area contributed by atoms with E-state index < -0.39 is 0 Å². The predicted octanol–water partition coefficient (Wildman–Crippen LogP) is 4.73. The molecular formula is C12H15Br2NOS. The highest BCUT2D eigenvalue weighted by atomic mass is 79.9. The second kappa shape index (κ2) is 6.34. The molecule has 94 valence electrons. The van der Waals surface area contributed by atoms with Gasteiger partial charge in [0.15, 0.2) is 0 Å². The average Bonchev–Trinajstić information content (AvgIpc) is 2.54. The first-order chi connectivity index (χ1) is 8.16. The van der Waals surface area contributed by atoms with Crippen LogP contribution in [0.5, 0.6) is 0 Å². The Morgan fingerprint density at radius 1 is 1.24 bits per heavy atom. The molecule has 0 saturated heterocycles. The molecule has 5 heteroatoms. The maximum Gasteiger partial charge on any atom is 0.261 e. The van der Waals surface area contributed by atoms with Gasteiger partial charge in [-0.05, 0) is 50.8 Å². The van der Waals surface area contributed by atoms with E-state index in [1.807, 2.05) is 6.07 Å². The van der Waals surface area contributed by atoms with Crippen LogP contribution in [0.15, 0.2) is 14.3 Å². The summed E-state index contributed by atoms with van der Waals surface area (Å²) in [5, 5.41) is 3.15. The minimum absolute atomic E-state index is 0.0632. The van der Waals surface area contributed by atoms with Gasteiger partial charge in [0, 0.05) is 10.5 Å². The lowest BCUT2D eigenvalue weighted by atomic mass is 10.1. The molecule has 1 aliphatic carbocycles. The van der Waals surface area contributed by atoms with Crippen LogP contribution in [0.25, 0.3) is 0 Å². The van der Waals surface area contributed by atoms with Crippen molar-refractivity contribution >= 4 is 49.1 Å². The largest absolute Gasteiger partial charge is 0.349 e. The molecule has 1 aromatic heterocycles. The Kier molecular flexibility index (Phi) is 5.06. The Labute approximate surface area is 122 Å². The third-order valence-corrected chi connectivity index (χ3v) is 6.31. The summed E-state index contributed by atoms with van der Waals surface area (Å²) < 4.78 is 1.93. The maximum atomic E-state index is 12.0. The average molecular weight is 381 g/mol. The molecule has 1 amide bonds. The topological polar surface area (TPSA) is 29.1 Å². The van der Waals surface area contributed by atoms with Gasteiger partial charge in [0.2, 0.25) is 0 Å². The highest BCUT2D eigenvalue weighted by Crippen LogP contribution is 2.32. The highest BCUT2D eigenvalue weighted by molar-refractivity contribution is 9.13. The number of amides is 1. The molecule has 0 atom stereocenters. The quantitative estimate of drug-likeness (QED) is 0.738. The van der Waals surface area contributed by atoms with Crippen molar-refractivity contribution in [3.8, 4) is 0 Å². The van der Waals surface area contributed by atoms with E-state index in [2.05, 4.69) is 37.2 Å². The number of thiophene rings is 1. The minimum atomic E-state index is 0.0632. The Morgan fingerprint density at radius 3 is 2.41 bits per heavy atom. The zero-order chi connectivity index (χ0) is 12.3. The molecule has 1 heterocycles. The Hall–Kier alpha value is 0.130. The molecule has 17 heavy (non-hydrogen) atoms. The van der Waals surface area contributed by atoms with Crippen LogP contribution >= 0.6 is 43.2 Å². The number of rotatable bonds is 2. The molecule has 1 N–H and O–H groups in total. The Balaban J connectivity index is 1.95. The lowest BCUT2D eigenvalue weighted by Crippen LogP contribution is -2.33. The van der Waals surface area contributed by atoms with Gasteiger partial charge in [-0.1, -0.05) is 25.7 Å². The first-order valence-corrected chi connectivity index (χ1v) is 8.33. The van der Waals surface area contributed by atoms with Gasteiger partial charge in [-0.3, -0.25) is 4.79 Å². The van der Waals surface area contributed by atoms with E-state index in [9.17, 15) is 4.79 Å². The van der Waals surface area contributed by atoms with Gasteiger partial charge in [0.05, 0.1) is 8.66 Å².